The van der Waals surface area contributed by atoms with Crippen molar-refractivity contribution in [2.45, 2.75) is 6.67 Å². The number of alkyl halides is 1. The summed E-state index contributed by atoms with van der Waals surface area (Å²) in [5, 5.41) is 15.6. The van der Waals surface area contributed by atoms with E-state index in [1.165, 1.54) is 12.1 Å². The molecule has 4 N–H and O–H groups in total. The molecule has 0 saturated carbocycles. The highest BCUT2D eigenvalue weighted by Crippen LogP contribution is 2.04. The summed E-state index contributed by atoms with van der Waals surface area (Å²) in [6, 6.07) is 6.11. The molecule has 0 aliphatic carbocycles. The predicted octanol–water partition coefficient (Wildman–Crippen LogP) is 0.967. The lowest BCUT2D eigenvalue weighted by molar-refractivity contribution is -0.134. The van der Waals surface area contributed by atoms with Gasteiger partial charge in [0.15, 0.2) is 0 Å². The molecule has 0 fully saturated rings. The van der Waals surface area contributed by atoms with Gasteiger partial charge in [-0.25, -0.2) is 14.0 Å². The number of hydrogen-bond acceptors (Lipinski definition) is 3. The molecule has 7 heteroatoms. The minimum absolute atomic E-state index is 0.405. The van der Waals surface area contributed by atoms with Crippen molar-refractivity contribution in [1.29, 1.82) is 0 Å². The van der Waals surface area contributed by atoms with E-state index < -0.39 is 24.5 Å². The zero-order valence-electron chi connectivity index (χ0n) is 9.75. The number of nitrogens with two attached hydrogens (primary N) is 1. The van der Waals surface area contributed by atoms with Crippen LogP contribution in [0.2, 0.25) is 0 Å². The Morgan fingerprint density at radius 2 is 1.47 bits per heavy atom. The molecule has 0 aromatic heterocycles. The molecule has 102 valence electrons. The van der Waals surface area contributed by atoms with Crippen molar-refractivity contribution in [3.8, 4) is 0 Å². The van der Waals surface area contributed by atoms with E-state index in [4.69, 9.17) is 15.9 Å². The maximum absolute atomic E-state index is 11.9. The van der Waals surface area contributed by atoms with Crippen LogP contribution in [0.25, 0.3) is 0 Å². The summed E-state index contributed by atoms with van der Waals surface area (Å²) in [4.78, 5) is 29.6. The van der Waals surface area contributed by atoms with Gasteiger partial charge in [-0.05, 0) is 17.7 Å². The third kappa shape index (κ3) is 8.08. The molecule has 0 heterocycles. The maximum atomic E-state index is 11.9. The first-order valence-electron chi connectivity index (χ1n) is 4.95. The van der Waals surface area contributed by atoms with E-state index in [2.05, 4.69) is 0 Å². The third-order valence-electron chi connectivity index (χ3n) is 1.76. The number of rotatable bonds is 4. The molecular weight excluding hydrogens is 257 g/mol. The van der Waals surface area contributed by atoms with Crippen LogP contribution in [0.1, 0.15) is 15.9 Å². The van der Waals surface area contributed by atoms with Gasteiger partial charge in [-0.3, -0.25) is 4.79 Å². The Morgan fingerprint density at radius 3 is 1.74 bits per heavy atom. The van der Waals surface area contributed by atoms with E-state index >= 15 is 0 Å². The van der Waals surface area contributed by atoms with Crippen LogP contribution in [-0.2, 0) is 16.3 Å². The number of halogens is 1. The molecule has 0 spiro atoms. The number of amides is 1. The Hall–Kier alpha value is -2.70. The van der Waals surface area contributed by atoms with Crippen molar-refractivity contribution < 1.29 is 29.0 Å². The average molecular weight is 269 g/mol. The number of benzene rings is 1. The smallest absolute Gasteiger partial charge is 0.328 e. The van der Waals surface area contributed by atoms with Gasteiger partial charge in [-0.2, -0.15) is 0 Å². The molecule has 0 atom stereocenters. The Balaban J connectivity index is 0.000000362. The number of carboxylic acids is 2. The van der Waals surface area contributed by atoms with Gasteiger partial charge >= 0.3 is 11.9 Å². The van der Waals surface area contributed by atoms with E-state index in [0.29, 0.717) is 23.3 Å². The van der Waals surface area contributed by atoms with Crippen LogP contribution in [0.3, 0.4) is 0 Å². The summed E-state index contributed by atoms with van der Waals surface area (Å²) in [6.07, 6.45) is 1.12. The van der Waals surface area contributed by atoms with Crippen molar-refractivity contribution in [3.63, 3.8) is 0 Å². The molecule has 6 nitrogen and oxygen atoms in total. The van der Waals surface area contributed by atoms with Crippen LogP contribution in [0, 0.1) is 0 Å². The largest absolute Gasteiger partial charge is 0.478 e. The highest BCUT2D eigenvalue weighted by Gasteiger charge is 1.98. The first-order chi connectivity index (χ1) is 8.86. The summed E-state index contributed by atoms with van der Waals surface area (Å²) in [5.74, 6) is -3.00. The highest BCUT2D eigenvalue weighted by atomic mass is 19.1. The monoisotopic (exact) mass is 269 g/mol. The van der Waals surface area contributed by atoms with E-state index in [1.54, 1.807) is 12.1 Å². The second-order valence-electron chi connectivity index (χ2n) is 3.20. The van der Waals surface area contributed by atoms with Crippen LogP contribution in [-0.4, -0.2) is 28.1 Å². The molecular formula is C12H12FNO5. The summed E-state index contributed by atoms with van der Waals surface area (Å²) in [6.45, 7) is -0.515. The van der Waals surface area contributed by atoms with Crippen LogP contribution < -0.4 is 5.73 Å². The van der Waals surface area contributed by atoms with Crippen LogP contribution in [0.5, 0.6) is 0 Å². The average Bonchev–Trinajstić information content (AvgIpc) is 2.37. The molecule has 0 saturated heterocycles. The Labute approximate surface area is 108 Å². The molecule has 1 aromatic rings. The number of aliphatic carboxylic acids is 2. The van der Waals surface area contributed by atoms with E-state index in [1.807, 2.05) is 0 Å². The van der Waals surface area contributed by atoms with Crippen molar-refractivity contribution >= 4 is 17.8 Å². The summed E-state index contributed by atoms with van der Waals surface area (Å²) < 4.78 is 11.9. The molecule has 0 bridgehead atoms. The number of hydrogen-bond donors (Lipinski definition) is 3. The lowest BCUT2D eigenvalue weighted by atomic mass is 10.1. The fourth-order valence-electron chi connectivity index (χ4n) is 0.901. The van der Waals surface area contributed by atoms with E-state index in [-0.39, 0.29) is 0 Å². The second kappa shape index (κ2) is 8.40. The fourth-order valence-corrected chi connectivity index (χ4v) is 0.901. The molecule has 0 aliphatic heterocycles. The number of primary amides is 1. The minimum Gasteiger partial charge on any atom is -0.478 e. The van der Waals surface area contributed by atoms with Gasteiger partial charge in [0.05, 0.1) is 0 Å². The quantitative estimate of drug-likeness (QED) is 0.704. The summed E-state index contributed by atoms with van der Waals surface area (Å²) in [5.41, 5.74) is 5.93. The number of carboxylic acid groups (broad SMARTS) is 2. The Morgan fingerprint density at radius 1 is 1.05 bits per heavy atom. The highest BCUT2D eigenvalue weighted by molar-refractivity contribution is 5.92. The molecule has 1 rings (SSSR count). The molecule has 0 unspecified atom stereocenters. The Kier molecular flexibility index (Phi) is 7.21. The first-order valence-corrected chi connectivity index (χ1v) is 4.95. The molecule has 1 aromatic carbocycles. The van der Waals surface area contributed by atoms with Crippen LogP contribution in [0.4, 0.5) is 4.39 Å². The normalized spacial score (nSPS) is 9.53. The van der Waals surface area contributed by atoms with Gasteiger partial charge in [0.1, 0.15) is 6.67 Å². The third-order valence-corrected chi connectivity index (χ3v) is 1.76. The van der Waals surface area contributed by atoms with Gasteiger partial charge in [0.25, 0.3) is 0 Å². The van der Waals surface area contributed by atoms with E-state index in [0.717, 1.165) is 0 Å². The van der Waals surface area contributed by atoms with Crippen molar-refractivity contribution in [2.75, 3.05) is 0 Å². The predicted molar refractivity (Wildman–Crippen MR) is 64.2 cm³/mol. The second-order valence-corrected chi connectivity index (χ2v) is 3.20. The minimum atomic E-state index is -1.26. The van der Waals surface area contributed by atoms with Gasteiger partial charge in [-0.15, -0.1) is 0 Å². The topological polar surface area (TPSA) is 118 Å². The van der Waals surface area contributed by atoms with Gasteiger partial charge in [-0.1, -0.05) is 12.1 Å². The molecule has 1 amide bonds. The van der Waals surface area contributed by atoms with Crippen LogP contribution in [0.15, 0.2) is 36.4 Å². The first kappa shape index (κ1) is 16.3. The molecule has 19 heavy (non-hydrogen) atoms. The van der Waals surface area contributed by atoms with Crippen molar-refractivity contribution in [3.05, 3.63) is 47.5 Å². The Bertz CT molecular complexity index is 465. The SMILES string of the molecule is NC(=O)c1ccc(CF)cc1.O=C(O)/C=C\C(=O)O. The zero-order chi connectivity index (χ0) is 14.8. The fraction of sp³-hybridized carbons (Fsp3) is 0.0833. The molecule has 0 radical (unpaired) electrons. The van der Waals surface area contributed by atoms with Gasteiger partial charge < -0.3 is 15.9 Å². The standard InChI is InChI=1S/C8H8FNO.C4H4O4/c9-5-6-1-3-7(4-2-6)8(10)11;5-3(6)1-2-4(7)8/h1-4H,5H2,(H2,10,11);1-2H,(H,5,6)(H,7,8)/b;2-1-. The number of carbonyl (C=O) groups is 3. The van der Waals surface area contributed by atoms with Crippen molar-refractivity contribution in [2.24, 2.45) is 5.73 Å². The van der Waals surface area contributed by atoms with Gasteiger partial charge in [0, 0.05) is 17.7 Å². The molecule has 0 aliphatic rings. The zero-order valence-corrected chi connectivity index (χ0v) is 9.75. The maximum Gasteiger partial charge on any atom is 0.328 e. The lowest BCUT2D eigenvalue weighted by Gasteiger charge is -1.95. The van der Waals surface area contributed by atoms with Crippen molar-refractivity contribution in [1.82, 2.24) is 0 Å². The summed E-state index contributed by atoms with van der Waals surface area (Å²) >= 11 is 0. The number of carbonyl (C=O) groups excluding carboxylic acids is 1. The van der Waals surface area contributed by atoms with Crippen LogP contribution >= 0.6 is 0 Å². The van der Waals surface area contributed by atoms with E-state index in [9.17, 15) is 18.8 Å². The lowest BCUT2D eigenvalue weighted by Crippen LogP contribution is -2.10. The van der Waals surface area contributed by atoms with Gasteiger partial charge in [0.2, 0.25) is 5.91 Å². The summed E-state index contributed by atoms with van der Waals surface area (Å²) in [7, 11) is 0.